The molecule has 1 aliphatic carbocycles. The molecule has 0 saturated heterocycles. The molecule has 3 aromatic rings. The monoisotopic (exact) mass is 549 g/mol. The lowest BCUT2D eigenvalue weighted by Crippen LogP contribution is -2.26. The summed E-state index contributed by atoms with van der Waals surface area (Å²) < 4.78 is 49.6. The van der Waals surface area contributed by atoms with Crippen molar-refractivity contribution in [2.45, 2.75) is 78.4 Å². The van der Waals surface area contributed by atoms with E-state index in [1.54, 1.807) is 18.3 Å². The largest absolute Gasteiger partial charge is 0.487 e. The third-order valence-electron chi connectivity index (χ3n) is 6.08. The van der Waals surface area contributed by atoms with Crippen LogP contribution in [0.15, 0.2) is 29.2 Å². The summed E-state index contributed by atoms with van der Waals surface area (Å²) in [6, 6.07) is 5.78. The number of nitrogens with one attached hydrogen (secondary N) is 1. The average molecular weight is 550 g/mol. The van der Waals surface area contributed by atoms with Gasteiger partial charge in [-0.25, -0.2) is 4.68 Å². The number of halogens is 2. The molecule has 0 amide bonds. The molecule has 1 aromatic carbocycles. The Hall–Kier alpha value is -2.76. The van der Waals surface area contributed by atoms with Gasteiger partial charge < -0.3 is 23.9 Å². The molecule has 2 aromatic heterocycles. The second-order valence-electron chi connectivity index (χ2n) is 11.3. The molecule has 0 spiro atoms. The quantitative estimate of drug-likeness (QED) is 0.195. The van der Waals surface area contributed by atoms with Gasteiger partial charge in [-0.3, -0.25) is 4.79 Å². The van der Waals surface area contributed by atoms with E-state index in [-0.39, 0.29) is 36.5 Å². The van der Waals surface area contributed by atoms with Gasteiger partial charge in [0, 0.05) is 32.4 Å². The number of fused-ring (bicyclic) bond motifs is 1. The van der Waals surface area contributed by atoms with Crippen molar-refractivity contribution in [3.8, 4) is 22.8 Å². The lowest BCUT2D eigenvalue weighted by molar-refractivity contribution is -0.0516. The zero-order chi connectivity index (χ0) is 27.4. The third kappa shape index (κ3) is 7.42. The van der Waals surface area contributed by atoms with Gasteiger partial charge in [-0.1, -0.05) is 33.5 Å². The molecule has 0 aliphatic heterocycles. The minimum absolute atomic E-state index is 0.0146. The van der Waals surface area contributed by atoms with Gasteiger partial charge in [-0.2, -0.15) is 13.9 Å². The summed E-state index contributed by atoms with van der Waals surface area (Å²) in [5.41, 5.74) is 2.25. The molecule has 11 heteroatoms. The van der Waals surface area contributed by atoms with Gasteiger partial charge in [-0.15, -0.1) is 0 Å². The summed E-state index contributed by atoms with van der Waals surface area (Å²) in [5.74, 6) is 0.527. The zero-order valence-electron chi connectivity index (χ0n) is 22.7. The second-order valence-corrected chi connectivity index (χ2v) is 17.0. The molecule has 1 fully saturated rings. The van der Waals surface area contributed by atoms with Crippen molar-refractivity contribution in [2.24, 2.45) is 5.92 Å². The van der Waals surface area contributed by atoms with Crippen molar-refractivity contribution in [1.29, 1.82) is 0 Å². The first kappa shape index (κ1) is 28.3. The van der Waals surface area contributed by atoms with E-state index in [0.29, 0.717) is 46.9 Å². The molecule has 208 valence electrons. The maximum absolute atomic E-state index is 13.5. The number of benzene rings is 1. The van der Waals surface area contributed by atoms with Crippen LogP contribution in [-0.4, -0.2) is 48.8 Å². The Bertz CT molecular complexity index is 1300. The lowest BCUT2D eigenvalue weighted by Gasteiger charge is -2.15. The lowest BCUT2D eigenvalue weighted by atomic mass is 10.1. The molecular formula is C27H37F2N3O5Si. The van der Waals surface area contributed by atoms with Gasteiger partial charge in [0.2, 0.25) is 0 Å². The summed E-state index contributed by atoms with van der Waals surface area (Å²) in [6.45, 7) is 9.28. The van der Waals surface area contributed by atoms with E-state index in [4.69, 9.17) is 14.2 Å². The highest BCUT2D eigenvalue weighted by atomic mass is 28.3. The zero-order valence-corrected chi connectivity index (χ0v) is 23.7. The Kier molecular flexibility index (Phi) is 8.89. The van der Waals surface area contributed by atoms with E-state index in [9.17, 15) is 13.6 Å². The third-order valence-corrected chi connectivity index (χ3v) is 7.79. The number of nitrogens with zero attached hydrogens (tertiary/aromatic N) is 2. The van der Waals surface area contributed by atoms with Crippen LogP contribution in [0.1, 0.15) is 32.3 Å². The van der Waals surface area contributed by atoms with E-state index >= 15 is 0 Å². The van der Waals surface area contributed by atoms with Crippen molar-refractivity contribution in [1.82, 2.24) is 14.8 Å². The van der Waals surface area contributed by atoms with Crippen LogP contribution in [0.3, 0.4) is 0 Å². The summed E-state index contributed by atoms with van der Waals surface area (Å²) >= 11 is 0. The van der Waals surface area contributed by atoms with Crippen LogP contribution < -0.4 is 15.0 Å². The molecule has 0 radical (unpaired) electrons. The van der Waals surface area contributed by atoms with E-state index < -0.39 is 14.7 Å². The van der Waals surface area contributed by atoms with Crippen LogP contribution in [0.5, 0.6) is 11.5 Å². The number of alkyl halides is 2. The summed E-state index contributed by atoms with van der Waals surface area (Å²) in [4.78, 5) is 16.8. The van der Waals surface area contributed by atoms with Gasteiger partial charge in [0.1, 0.15) is 6.73 Å². The van der Waals surface area contributed by atoms with Crippen LogP contribution >= 0.6 is 0 Å². The van der Waals surface area contributed by atoms with Gasteiger partial charge in [0.25, 0.3) is 5.56 Å². The summed E-state index contributed by atoms with van der Waals surface area (Å²) in [7, 11) is -1.26. The van der Waals surface area contributed by atoms with Crippen molar-refractivity contribution >= 4 is 19.0 Å². The maximum atomic E-state index is 13.5. The van der Waals surface area contributed by atoms with Crippen molar-refractivity contribution in [3.63, 3.8) is 0 Å². The second kappa shape index (κ2) is 12.0. The number of hydrogen-bond donors (Lipinski definition) is 1. The molecule has 4 rings (SSSR count). The maximum Gasteiger partial charge on any atom is 0.387 e. The SMILES string of the molecule is CC(C)COCc1c(-c2ccc(OC(F)F)c(OC3CC3)c2)[nH]c2cnn(COCC[Si](C)(C)C)c(=O)c12. The van der Waals surface area contributed by atoms with Crippen LogP contribution in [0.4, 0.5) is 8.78 Å². The van der Waals surface area contributed by atoms with E-state index in [1.165, 1.54) is 10.7 Å². The number of aromatic nitrogens is 3. The van der Waals surface area contributed by atoms with Crippen LogP contribution in [-0.2, 0) is 22.8 Å². The molecule has 0 unspecified atom stereocenters. The fraction of sp³-hybridized carbons (Fsp3) is 0.556. The first-order valence-corrected chi connectivity index (χ1v) is 16.7. The molecule has 0 bridgehead atoms. The highest BCUT2D eigenvalue weighted by Gasteiger charge is 2.27. The van der Waals surface area contributed by atoms with Gasteiger partial charge in [0.05, 0.1) is 35.5 Å². The Balaban J connectivity index is 1.71. The Labute approximate surface area is 222 Å². The number of rotatable bonds is 14. The predicted octanol–water partition coefficient (Wildman–Crippen LogP) is 6.02. The van der Waals surface area contributed by atoms with E-state index in [0.717, 1.165) is 18.9 Å². The number of aromatic amines is 1. The molecule has 8 nitrogen and oxygen atoms in total. The van der Waals surface area contributed by atoms with Gasteiger partial charge in [0.15, 0.2) is 11.5 Å². The smallest absolute Gasteiger partial charge is 0.387 e. The number of ether oxygens (including phenoxy) is 4. The standard InChI is InChI=1S/C27H37F2N3O5Si/c1-17(2)14-35-15-20-24-21(13-30-32(26(24)33)16-34-10-11-38(3,4)5)31-25(20)18-6-9-22(37-27(28)29)23(12-18)36-19-7-8-19/h6,9,12-13,17,19,27,31H,7-8,10-11,14-16H2,1-5H3. The first-order valence-electron chi connectivity index (χ1n) is 13.0. The summed E-state index contributed by atoms with van der Waals surface area (Å²) in [6.07, 6.45) is 3.32. The highest BCUT2D eigenvalue weighted by Crippen LogP contribution is 2.39. The minimum atomic E-state index is -2.96. The normalized spacial score (nSPS) is 14.1. The minimum Gasteiger partial charge on any atom is -0.487 e. The van der Waals surface area contributed by atoms with Crippen molar-refractivity contribution in [2.75, 3.05) is 13.2 Å². The first-order chi connectivity index (χ1) is 18.0. The molecule has 2 heterocycles. The molecule has 1 saturated carbocycles. The number of H-pyrrole nitrogens is 1. The number of hydrogen-bond acceptors (Lipinski definition) is 6. The highest BCUT2D eigenvalue weighted by molar-refractivity contribution is 6.76. The molecule has 1 N–H and O–H groups in total. The topological polar surface area (TPSA) is 87.6 Å². The Morgan fingerprint density at radius 2 is 1.92 bits per heavy atom. The van der Waals surface area contributed by atoms with Gasteiger partial charge in [-0.05, 0) is 43.0 Å². The van der Waals surface area contributed by atoms with Crippen molar-refractivity contribution < 1.29 is 27.7 Å². The molecule has 38 heavy (non-hydrogen) atoms. The Morgan fingerprint density at radius 3 is 2.58 bits per heavy atom. The fourth-order valence-corrected chi connectivity index (χ4v) is 4.69. The predicted molar refractivity (Wildman–Crippen MR) is 145 cm³/mol. The average Bonchev–Trinajstić information content (AvgIpc) is 3.56. The van der Waals surface area contributed by atoms with Crippen LogP contribution in [0.2, 0.25) is 25.7 Å². The fourth-order valence-electron chi connectivity index (χ4n) is 3.93. The van der Waals surface area contributed by atoms with Gasteiger partial charge >= 0.3 is 6.61 Å². The summed E-state index contributed by atoms with van der Waals surface area (Å²) in [5, 5.41) is 4.76. The molecule has 1 aliphatic rings. The van der Waals surface area contributed by atoms with Crippen LogP contribution in [0, 0.1) is 5.92 Å². The molecular weight excluding hydrogens is 512 g/mol. The van der Waals surface area contributed by atoms with E-state index in [2.05, 4.69) is 34.5 Å². The Morgan fingerprint density at radius 1 is 1.16 bits per heavy atom. The molecule has 0 atom stereocenters. The van der Waals surface area contributed by atoms with Crippen molar-refractivity contribution in [3.05, 3.63) is 40.3 Å². The van der Waals surface area contributed by atoms with Crippen LogP contribution in [0.25, 0.3) is 22.2 Å². The van der Waals surface area contributed by atoms with E-state index in [1.807, 2.05) is 13.8 Å².